The average Bonchev–Trinajstić information content (AvgIpc) is 2.51. The van der Waals surface area contributed by atoms with Gasteiger partial charge in [0.05, 0.1) is 10.0 Å². The number of aldehydes is 1. The Morgan fingerprint density at radius 3 is 2.52 bits per heavy atom. The van der Waals surface area contributed by atoms with Crippen molar-refractivity contribution in [2.45, 2.75) is 0 Å². The van der Waals surface area contributed by atoms with Crippen molar-refractivity contribution in [3.05, 3.63) is 69.1 Å². The van der Waals surface area contributed by atoms with Gasteiger partial charge in [-0.3, -0.25) is 4.79 Å². The lowest BCUT2D eigenvalue weighted by molar-refractivity contribution is 0.112. The number of fused-ring (bicyclic) bond motifs is 1. The molecule has 0 radical (unpaired) electrons. The summed E-state index contributed by atoms with van der Waals surface area (Å²) in [4.78, 5) is 11.1. The summed E-state index contributed by atoms with van der Waals surface area (Å²) in [5.74, 6) is 1.20. The molecule has 104 valence electrons. The number of carbonyl (C=O) groups excluding carboxylic acids is 1. The first-order valence-electron chi connectivity index (χ1n) is 6.29. The molecular formula is C17H10Br2O2. The molecule has 0 bridgehead atoms. The van der Waals surface area contributed by atoms with E-state index in [1.54, 1.807) is 12.1 Å². The maximum Gasteiger partial charge on any atom is 0.153 e. The fourth-order valence-electron chi connectivity index (χ4n) is 2.10. The van der Waals surface area contributed by atoms with Crippen LogP contribution in [0.2, 0.25) is 0 Å². The zero-order valence-corrected chi connectivity index (χ0v) is 14.0. The molecule has 0 saturated heterocycles. The van der Waals surface area contributed by atoms with Gasteiger partial charge < -0.3 is 4.74 Å². The molecule has 2 nitrogen and oxygen atoms in total. The van der Waals surface area contributed by atoms with Crippen molar-refractivity contribution in [2.75, 3.05) is 0 Å². The second-order valence-corrected chi connectivity index (χ2v) is 6.21. The highest BCUT2D eigenvalue weighted by atomic mass is 79.9. The lowest BCUT2D eigenvalue weighted by Gasteiger charge is -2.12. The van der Waals surface area contributed by atoms with Crippen LogP contribution in [0.25, 0.3) is 10.8 Å². The van der Waals surface area contributed by atoms with Crippen LogP contribution in [0.4, 0.5) is 0 Å². The summed E-state index contributed by atoms with van der Waals surface area (Å²) in [5, 5.41) is 2.19. The first-order chi connectivity index (χ1) is 10.2. The summed E-state index contributed by atoms with van der Waals surface area (Å²) in [6.45, 7) is 0. The highest BCUT2D eigenvalue weighted by Crippen LogP contribution is 2.37. The molecule has 21 heavy (non-hydrogen) atoms. The fourth-order valence-corrected chi connectivity index (χ4v) is 3.02. The highest BCUT2D eigenvalue weighted by Gasteiger charge is 2.10. The minimum Gasteiger partial charge on any atom is -0.455 e. The van der Waals surface area contributed by atoms with E-state index in [9.17, 15) is 4.79 Å². The predicted octanol–water partition coefficient (Wildman–Crippen LogP) is 5.97. The number of halogens is 2. The van der Waals surface area contributed by atoms with E-state index < -0.39 is 0 Å². The molecule has 0 atom stereocenters. The molecule has 0 aliphatic heterocycles. The lowest BCUT2D eigenvalue weighted by atomic mass is 10.1. The predicted molar refractivity (Wildman–Crippen MR) is 91.3 cm³/mol. The van der Waals surface area contributed by atoms with Gasteiger partial charge in [0.2, 0.25) is 0 Å². The molecule has 0 unspecified atom stereocenters. The van der Waals surface area contributed by atoms with E-state index >= 15 is 0 Å². The molecule has 0 amide bonds. The van der Waals surface area contributed by atoms with Crippen molar-refractivity contribution in [1.82, 2.24) is 0 Å². The molecule has 3 rings (SSSR count). The third kappa shape index (κ3) is 2.87. The van der Waals surface area contributed by atoms with E-state index in [-0.39, 0.29) is 0 Å². The van der Waals surface area contributed by atoms with Gasteiger partial charge in [-0.2, -0.15) is 0 Å². The summed E-state index contributed by atoms with van der Waals surface area (Å²) in [5.41, 5.74) is 0.512. The van der Waals surface area contributed by atoms with Crippen LogP contribution in [0.3, 0.4) is 0 Å². The Morgan fingerprint density at radius 2 is 1.71 bits per heavy atom. The Kier molecular flexibility index (Phi) is 4.08. The highest BCUT2D eigenvalue weighted by molar-refractivity contribution is 9.11. The standard InChI is InChI=1S/C17H10Br2O2/c18-13-7-5-12(10-20)16(9-13)21-15-8-6-11-3-1-2-4-14(11)17(15)19/h1-10H. The average molecular weight is 406 g/mol. The SMILES string of the molecule is O=Cc1ccc(Br)cc1Oc1ccc2ccccc2c1Br. The molecule has 0 heterocycles. The van der Waals surface area contributed by atoms with E-state index in [4.69, 9.17) is 4.74 Å². The molecule has 3 aromatic rings. The first kappa shape index (κ1) is 14.3. The zero-order chi connectivity index (χ0) is 14.8. The van der Waals surface area contributed by atoms with Gasteiger partial charge in [0.15, 0.2) is 6.29 Å². The van der Waals surface area contributed by atoms with Gasteiger partial charge in [0, 0.05) is 4.47 Å². The molecule has 0 fully saturated rings. The zero-order valence-electron chi connectivity index (χ0n) is 10.8. The van der Waals surface area contributed by atoms with E-state index in [1.807, 2.05) is 42.5 Å². The van der Waals surface area contributed by atoms with E-state index in [0.717, 1.165) is 26.0 Å². The maximum absolute atomic E-state index is 11.1. The Labute approximate surface area is 139 Å². The molecule has 0 saturated carbocycles. The number of carbonyl (C=O) groups is 1. The first-order valence-corrected chi connectivity index (χ1v) is 7.87. The van der Waals surface area contributed by atoms with Crippen LogP contribution < -0.4 is 4.74 Å². The molecule has 0 aliphatic rings. The van der Waals surface area contributed by atoms with Crippen LogP contribution >= 0.6 is 31.9 Å². The minimum absolute atomic E-state index is 0.512. The van der Waals surface area contributed by atoms with Crippen LogP contribution in [-0.2, 0) is 0 Å². The van der Waals surface area contributed by atoms with E-state index in [1.165, 1.54) is 0 Å². The molecular weight excluding hydrogens is 396 g/mol. The van der Waals surface area contributed by atoms with Crippen molar-refractivity contribution in [3.8, 4) is 11.5 Å². The monoisotopic (exact) mass is 404 g/mol. The normalized spacial score (nSPS) is 10.6. The molecule has 0 N–H and O–H groups in total. The third-order valence-corrected chi connectivity index (χ3v) is 4.46. The van der Waals surface area contributed by atoms with E-state index in [0.29, 0.717) is 17.1 Å². The van der Waals surface area contributed by atoms with Crippen molar-refractivity contribution >= 4 is 48.9 Å². The molecule has 0 spiro atoms. The van der Waals surface area contributed by atoms with Crippen molar-refractivity contribution in [3.63, 3.8) is 0 Å². The van der Waals surface area contributed by atoms with Crippen molar-refractivity contribution in [2.24, 2.45) is 0 Å². The minimum atomic E-state index is 0.512. The van der Waals surface area contributed by atoms with Crippen LogP contribution in [0.15, 0.2) is 63.5 Å². The Bertz CT molecular complexity index is 828. The Balaban J connectivity index is 2.08. The summed E-state index contributed by atoms with van der Waals surface area (Å²) in [6.07, 6.45) is 0.788. The van der Waals surface area contributed by atoms with Crippen molar-refractivity contribution in [1.29, 1.82) is 0 Å². The number of benzene rings is 3. The number of hydrogen-bond donors (Lipinski definition) is 0. The largest absolute Gasteiger partial charge is 0.455 e. The maximum atomic E-state index is 11.1. The number of hydrogen-bond acceptors (Lipinski definition) is 2. The molecule has 0 aromatic heterocycles. The fraction of sp³-hybridized carbons (Fsp3) is 0. The van der Waals surface area contributed by atoms with Gasteiger partial charge in [-0.15, -0.1) is 0 Å². The van der Waals surface area contributed by atoms with Crippen LogP contribution in [0.5, 0.6) is 11.5 Å². The van der Waals surface area contributed by atoms with Crippen LogP contribution in [-0.4, -0.2) is 6.29 Å². The topological polar surface area (TPSA) is 26.3 Å². The van der Waals surface area contributed by atoms with Crippen LogP contribution in [0, 0.1) is 0 Å². The second-order valence-electron chi connectivity index (χ2n) is 4.50. The van der Waals surface area contributed by atoms with Gasteiger partial charge in [-0.25, -0.2) is 0 Å². The smallest absolute Gasteiger partial charge is 0.153 e. The summed E-state index contributed by atoms with van der Waals surface area (Å²) >= 11 is 6.97. The Morgan fingerprint density at radius 1 is 0.905 bits per heavy atom. The molecule has 3 aromatic carbocycles. The van der Waals surface area contributed by atoms with E-state index in [2.05, 4.69) is 31.9 Å². The quantitative estimate of drug-likeness (QED) is 0.501. The van der Waals surface area contributed by atoms with Gasteiger partial charge in [0.25, 0.3) is 0 Å². The second kappa shape index (κ2) is 6.00. The van der Waals surface area contributed by atoms with Gasteiger partial charge in [-0.1, -0.05) is 46.3 Å². The summed E-state index contributed by atoms with van der Waals surface area (Å²) in [7, 11) is 0. The Hall–Kier alpha value is -1.65. The van der Waals surface area contributed by atoms with Crippen molar-refractivity contribution < 1.29 is 9.53 Å². The van der Waals surface area contributed by atoms with Crippen LogP contribution in [0.1, 0.15) is 10.4 Å². The van der Waals surface area contributed by atoms with Gasteiger partial charge in [-0.05, 0) is 51.0 Å². The van der Waals surface area contributed by atoms with Gasteiger partial charge in [0.1, 0.15) is 11.5 Å². The molecule has 0 aliphatic carbocycles. The number of ether oxygens (including phenoxy) is 1. The summed E-state index contributed by atoms with van der Waals surface area (Å²) in [6, 6.07) is 17.2. The lowest BCUT2D eigenvalue weighted by Crippen LogP contribution is -1.91. The van der Waals surface area contributed by atoms with Gasteiger partial charge >= 0.3 is 0 Å². The number of rotatable bonds is 3. The third-order valence-electron chi connectivity index (χ3n) is 3.15. The molecule has 4 heteroatoms. The summed E-state index contributed by atoms with van der Waals surface area (Å²) < 4.78 is 7.65.